The fraction of sp³-hybridized carbons (Fsp3) is 0.292. The van der Waals surface area contributed by atoms with Crippen LogP contribution in [0.2, 0.25) is 0 Å². The Morgan fingerprint density at radius 2 is 0.587 bits per heavy atom. The second-order valence-corrected chi connectivity index (χ2v) is 37.8. The molecule has 0 radical (unpaired) electrons. The summed E-state index contributed by atoms with van der Waals surface area (Å²) in [5.41, 5.74) is -1.07. The van der Waals surface area contributed by atoms with E-state index in [1.165, 1.54) is 87.6 Å². The van der Waals surface area contributed by atoms with Gasteiger partial charge < -0.3 is 28.8 Å². The zero-order valence-electron chi connectivity index (χ0n) is 60.4. The molecule has 0 atom stereocenters. The highest BCUT2D eigenvalue weighted by molar-refractivity contribution is 7.97. The molecular weight excluding hydrogens is 1480 g/mol. The number of carbonyl (C=O) groups excluding carboxylic acids is 2. The monoisotopic (exact) mass is 1560 g/mol. The SMILES string of the molecule is O=C(O)c1ccccc1[O-].O=C(OCCC(F)(F)CS(=O)(=O)[O-])C12CC3CC(CC(C3)C1)C2.O=C(OCCS(=O)(=O)[O-])C12CC3CC(CC(C3)C1)C2.c1ccc([S+](c2ccccc2)c2ccccc2)cc1.c1ccc([S+](c2ccccc2)c2ccccc2)cc1.c1ccc([S+](c2ccccc2)c2ccccc2)cc1. The number of aromatic carboxylic acids is 1. The molecule has 8 fully saturated rings. The molecule has 8 aliphatic carbocycles. The number of benzene rings is 10. The van der Waals surface area contributed by atoms with Crippen molar-refractivity contribution in [1.82, 2.24) is 0 Å². The molecule has 8 aliphatic rings. The Bertz CT molecular complexity index is 4100. The van der Waals surface area contributed by atoms with Gasteiger partial charge in [-0.2, -0.15) is 0 Å². The zero-order valence-corrected chi connectivity index (χ0v) is 64.5. The molecule has 8 saturated carbocycles. The molecule has 109 heavy (non-hydrogen) atoms. The first-order chi connectivity index (χ1) is 52.5. The van der Waals surface area contributed by atoms with E-state index >= 15 is 0 Å². The lowest BCUT2D eigenvalue weighted by atomic mass is 9.49. The van der Waals surface area contributed by atoms with E-state index < -0.39 is 73.8 Å². The van der Waals surface area contributed by atoms with Gasteiger partial charge in [0.2, 0.25) is 0 Å². The van der Waals surface area contributed by atoms with Crippen molar-refractivity contribution in [2.45, 2.75) is 133 Å². The van der Waals surface area contributed by atoms with E-state index in [9.17, 15) is 54.2 Å². The average molecular weight is 1570 g/mol. The lowest BCUT2D eigenvalue weighted by molar-refractivity contribution is -0.268. The molecule has 18 rings (SSSR count). The van der Waals surface area contributed by atoms with Gasteiger partial charge in [-0.25, -0.2) is 30.4 Å². The van der Waals surface area contributed by atoms with Crippen molar-refractivity contribution in [3.8, 4) is 5.75 Å². The number of alkyl halides is 2. The Morgan fingerprint density at radius 1 is 0.367 bits per heavy atom. The fourth-order valence-electron chi connectivity index (χ4n) is 16.8. The molecule has 0 amide bonds. The summed E-state index contributed by atoms with van der Waals surface area (Å²) in [5.74, 6) is -4.80. The summed E-state index contributed by atoms with van der Waals surface area (Å²) in [6, 6.07) is 102. The van der Waals surface area contributed by atoms with Gasteiger partial charge in [0.1, 0.15) is 22.5 Å². The summed E-state index contributed by atoms with van der Waals surface area (Å²) < 4.78 is 99.7. The van der Waals surface area contributed by atoms with Crippen LogP contribution in [0.5, 0.6) is 5.75 Å². The van der Waals surface area contributed by atoms with Crippen LogP contribution in [0.1, 0.15) is 93.8 Å². The van der Waals surface area contributed by atoms with E-state index in [0.717, 1.165) is 57.8 Å². The van der Waals surface area contributed by atoms with Crippen molar-refractivity contribution in [2.75, 3.05) is 24.7 Å². The Morgan fingerprint density at radius 3 is 0.789 bits per heavy atom. The molecule has 0 unspecified atom stereocenters. The smallest absolute Gasteiger partial charge is 0.335 e. The third-order valence-corrected chi connectivity index (χ3v) is 28.7. The number of hydrogen-bond donors (Lipinski definition) is 1. The van der Waals surface area contributed by atoms with Gasteiger partial charge in [0.15, 0.2) is 44.1 Å². The minimum Gasteiger partial charge on any atom is -0.872 e. The third kappa shape index (κ3) is 23.4. The van der Waals surface area contributed by atoms with Crippen LogP contribution < -0.4 is 5.11 Å². The van der Waals surface area contributed by atoms with E-state index in [0.29, 0.717) is 35.5 Å². The highest BCUT2D eigenvalue weighted by Gasteiger charge is 2.57. The fourth-order valence-corrected chi connectivity index (χ4v) is 24.0. The van der Waals surface area contributed by atoms with Crippen LogP contribution >= 0.6 is 0 Å². The largest absolute Gasteiger partial charge is 0.872 e. The molecule has 0 heterocycles. The summed E-state index contributed by atoms with van der Waals surface area (Å²) in [7, 11) is -9.36. The molecule has 568 valence electrons. The number of carbonyl (C=O) groups is 3. The first-order valence-electron chi connectivity index (χ1n) is 36.8. The minimum atomic E-state index is -5.01. The molecule has 10 aromatic carbocycles. The van der Waals surface area contributed by atoms with Gasteiger partial charge >= 0.3 is 17.9 Å². The number of carboxylic acid groups (broad SMARTS) is 1. The number of rotatable bonds is 20. The molecule has 20 heteroatoms. The third-order valence-electron chi connectivity index (χ3n) is 20.5. The molecule has 0 spiro atoms. The summed E-state index contributed by atoms with van der Waals surface area (Å²) in [6.45, 7) is -0.852. The van der Waals surface area contributed by atoms with Gasteiger partial charge in [-0.3, -0.25) is 9.59 Å². The highest BCUT2D eigenvalue weighted by Crippen LogP contribution is 2.62. The normalized spacial score (nSPS) is 21.1. The lowest BCUT2D eigenvalue weighted by Gasteiger charge is -2.55. The number of halogens is 2. The first-order valence-corrected chi connectivity index (χ1v) is 43.6. The van der Waals surface area contributed by atoms with Crippen LogP contribution in [0.3, 0.4) is 0 Å². The first kappa shape index (κ1) is 81.1. The van der Waals surface area contributed by atoms with E-state index in [1.807, 2.05) is 0 Å². The van der Waals surface area contributed by atoms with E-state index in [-0.39, 0.29) is 56.2 Å². The van der Waals surface area contributed by atoms with Crippen molar-refractivity contribution in [1.29, 1.82) is 0 Å². The van der Waals surface area contributed by atoms with Crippen molar-refractivity contribution < 1.29 is 68.8 Å². The van der Waals surface area contributed by atoms with Crippen molar-refractivity contribution >= 4 is 70.8 Å². The molecule has 10 aromatic rings. The topological polar surface area (TPSA) is 227 Å². The molecule has 8 bridgehead atoms. The van der Waals surface area contributed by atoms with Crippen LogP contribution in [-0.4, -0.2) is 79.6 Å². The highest BCUT2D eigenvalue weighted by atomic mass is 32.2. The Kier molecular flexibility index (Phi) is 28.4. The van der Waals surface area contributed by atoms with Crippen LogP contribution in [0.4, 0.5) is 8.78 Å². The van der Waals surface area contributed by atoms with Crippen molar-refractivity contribution in [3.63, 3.8) is 0 Å². The summed E-state index contributed by atoms with van der Waals surface area (Å²) in [5, 5.41) is 19.0. The van der Waals surface area contributed by atoms with Crippen LogP contribution in [-0.2, 0) is 72.0 Å². The summed E-state index contributed by atoms with van der Waals surface area (Å²) >= 11 is 0. The number of ether oxygens (including phenoxy) is 2. The quantitative estimate of drug-likeness (QED) is 0.0426. The maximum absolute atomic E-state index is 13.4. The lowest BCUT2D eigenvalue weighted by Crippen LogP contribution is -2.50. The Balaban J connectivity index is 0.000000131. The van der Waals surface area contributed by atoms with E-state index in [2.05, 4.69) is 273 Å². The van der Waals surface area contributed by atoms with Gasteiger partial charge in [0.25, 0.3) is 5.92 Å². The second-order valence-electron chi connectivity index (χ2n) is 28.8. The maximum Gasteiger partial charge on any atom is 0.335 e. The van der Waals surface area contributed by atoms with Crippen LogP contribution in [0.25, 0.3) is 0 Å². The van der Waals surface area contributed by atoms with Crippen molar-refractivity contribution in [3.05, 3.63) is 303 Å². The number of para-hydroxylation sites is 1. The molecule has 0 aromatic heterocycles. The van der Waals surface area contributed by atoms with Gasteiger partial charge in [-0.1, -0.05) is 188 Å². The molecule has 0 aliphatic heterocycles. The molecule has 1 N–H and O–H groups in total. The average Bonchev–Trinajstić information content (AvgIpc) is 0.746. The Labute approximate surface area is 648 Å². The summed E-state index contributed by atoms with van der Waals surface area (Å²) in [6.07, 6.45) is 11.3. The number of carboxylic acids is 1. The predicted octanol–water partition coefficient (Wildman–Crippen LogP) is 18.4. The van der Waals surface area contributed by atoms with Gasteiger partial charge in [0.05, 0.1) is 71.6 Å². The van der Waals surface area contributed by atoms with Crippen LogP contribution in [0.15, 0.2) is 341 Å². The number of esters is 2. The van der Waals surface area contributed by atoms with Gasteiger partial charge in [0, 0.05) is 6.42 Å². The molecule has 13 nitrogen and oxygen atoms in total. The van der Waals surface area contributed by atoms with Crippen molar-refractivity contribution in [2.24, 2.45) is 46.3 Å². The number of hydrogen-bond acceptors (Lipinski definition) is 12. The molecule has 0 saturated heterocycles. The zero-order chi connectivity index (χ0) is 76.9. The summed E-state index contributed by atoms with van der Waals surface area (Å²) in [4.78, 5) is 47.2. The second kappa shape index (κ2) is 38.2. The Hall–Kier alpha value is -8.86. The maximum atomic E-state index is 13.4. The van der Waals surface area contributed by atoms with Crippen LogP contribution in [0, 0.1) is 46.3 Å². The van der Waals surface area contributed by atoms with E-state index in [1.54, 1.807) is 0 Å². The van der Waals surface area contributed by atoms with Gasteiger partial charge in [-0.05, 0) is 228 Å². The minimum absolute atomic E-state index is 0.0146. The predicted molar refractivity (Wildman–Crippen MR) is 419 cm³/mol. The standard InChI is InChI=1S/3C18H15S.C15H22F2O5S.C13H20O5S.C7H6O3/c3*1-4-10-16(11-5-1)19(17-12-6-2-7-13-17)18-14-8-3-9-15-18;16-15(17,9-23(19,20)21)1-2-22-13(18)14-6-10-3-11(7-14)5-12(4-10)8-14;14-12(18-1-2-19(15,16)17)13-6-9-3-10(7-13)5-11(4-9)8-13;8-6-4-2-1-3-5(6)7(9)10/h3*1-15H;10-12H,1-9H2,(H,19,20,21);9-11H,1-8H2,(H,15,16,17);1-4,8H,(H,9,10)/q3*+1;;;/p-3. The molecular formula is C89H90F2O13S5. The van der Waals surface area contributed by atoms with Gasteiger partial charge in [-0.15, -0.1) is 0 Å². The van der Waals surface area contributed by atoms with E-state index in [4.69, 9.17) is 14.6 Å².